The van der Waals surface area contributed by atoms with E-state index in [2.05, 4.69) is 20.7 Å². The largest absolute Gasteiger partial charge is 0.334 e. The van der Waals surface area contributed by atoms with E-state index < -0.39 is 17.9 Å². The van der Waals surface area contributed by atoms with Crippen molar-refractivity contribution in [2.45, 2.75) is 13.0 Å². The molecule has 4 aromatic rings. The minimum Gasteiger partial charge on any atom is -0.334 e. The number of para-hydroxylation sites is 1. The molecule has 3 aromatic carbocycles. The van der Waals surface area contributed by atoms with Gasteiger partial charge in [-0.2, -0.15) is 0 Å². The number of nitrogens with one attached hydrogen (secondary N) is 2. The van der Waals surface area contributed by atoms with E-state index in [1.54, 1.807) is 67.6 Å². The molecule has 1 unspecified atom stereocenters. The predicted molar refractivity (Wildman–Crippen MR) is 118 cm³/mol. The Morgan fingerprint density at radius 1 is 0.906 bits per heavy atom. The van der Waals surface area contributed by atoms with Crippen molar-refractivity contribution in [2.24, 2.45) is 0 Å². The van der Waals surface area contributed by atoms with Gasteiger partial charge in [-0.15, -0.1) is 5.10 Å². The Hall–Kier alpha value is -4.33. The van der Waals surface area contributed by atoms with Gasteiger partial charge in [-0.1, -0.05) is 48.5 Å². The first kappa shape index (κ1) is 20.9. The summed E-state index contributed by atoms with van der Waals surface area (Å²) < 4.78 is 14.7. The smallest absolute Gasteiger partial charge is 0.291 e. The summed E-state index contributed by atoms with van der Waals surface area (Å²) in [5, 5.41) is 9.77. The monoisotopic (exact) mass is 429 g/mol. The zero-order chi connectivity index (χ0) is 22.5. The van der Waals surface area contributed by atoms with Crippen molar-refractivity contribution in [1.82, 2.24) is 20.1 Å². The van der Waals surface area contributed by atoms with E-state index in [0.29, 0.717) is 22.8 Å². The third-order valence-electron chi connectivity index (χ3n) is 4.76. The number of carbonyl (C=O) groups excluding carboxylic acids is 2. The molecule has 160 valence electrons. The number of carbonyl (C=O) groups is 2. The number of nitrogens with zero attached hydrogens (tertiary/aromatic N) is 3. The first-order valence-corrected chi connectivity index (χ1v) is 9.92. The SMILES string of the molecule is Cc1nc(C(=O)NC(C(=O)Nc2ccccc2)c2ccccc2)nn1-c1ccc(F)cc1. The Kier molecular flexibility index (Phi) is 6.03. The Morgan fingerprint density at radius 2 is 1.53 bits per heavy atom. The zero-order valence-corrected chi connectivity index (χ0v) is 17.2. The van der Waals surface area contributed by atoms with Crippen LogP contribution in [0, 0.1) is 12.7 Å². The van der Waals surface area contributed by atoms with Crippen molar-refractivity contribution in [3.8, 4) is 5.69 Å². The molecule has 32 heavy (non-hydrogen) atoms. The summed E-state index contributed by atoms with van der Waals surface area (Å²) in [4.78, 5) is 30.2. The molecule has 0 spiro atoms. The van der Waals surface area contributed by atoms with Gasteiger partial charge in [-0.25, -0.2) is 14.1 Å². The van der Waals surface area contributed by atoms with Gasteiger partial charge in [0.2, 0.25) is 5.82 Å². The number of anilines is 1. The molecule has 7 nitrogen and oxygen atoms in total. The third-order valence-corrected chi connectivity index (χ3v) is 4.76. The average molecular weight is 429 g/mol. The summed E-state index contributed by atoms with van der Waals surface area (Å²) in [6, 6.07) is 22.6. The molecule has 0 bridgehead atoms. The molecule has 2 N–H and O–H groups in total. The molecule has 0 aliphatic rings. The summed E-state index contributed by atoms with van der Waals surface area (Å²) >= 11 is 0. The molecule has 8 heteroatoms. The lowest BCUT2D eigenvalue weighted by atomic mass is 10.1. The molecule has 0 radical (unpaired) electrons. The second kappa shape index (κ2) is 9.22. The Bertz CT molecular complexity index is 1220. The highest BCUT2D eigenvalue weighted by molar-refractivity contribution is 6.00. The van der Waals surface area contributed by atoms with Crippen molar-refractivity contribution >= 4 is 17.5 Å². The van der Waals surface area contributed by atoms with Gasteiger partial charge < -0.3 is 10.6 Å². The van der Waals surface area contributed by atoms with E-state index in [-0.39, 0.29) is 11.6 Å². The fourth-order valence-corrected chi connectivity index (χ4v) is 3.19. The van der Waals surface area contributed by atoms with Crippen molar-refractivity contribution in [1.29, 1.82) is 0 Å². The molecule has 1 heterocycles. The molecule has 1 atom stereocenters. The minimum absolute atomic E-state index is 0.0970. The molecule has 4 rings (SSSR count). The Morgan fingerprint density at radius 3 is 2.19 bits per heavy atom. The number of aromatic nitrogens is 3. The predicted octanol–water partition coefficient (Wildman–Crippen LogP) is 3.82. The molecule has 1 aromatic heterocycles. The fraction of sp³-hybridized carbons (Fsp3) is 0.0833. The van der Waals surface area contributed by atoms with Crippen LogP contribution in [0.25, 0.3) is 5.69 Å². The lowest BCUT2D eigenvalue weighted by Gasteiger charge is -2.18. The van der Waals surface area contributed by atoms with E-state index in [4.69, 9.17) is 0 Å². The van der Waals surface area contributed by atoms with Crippen molar-refractivity contribution < 1.29 is 14.0 Å². The van der Waals surface area contributed by atoms with Gasteiger partial charge in [0.25, 0.3) is 11.8 Å². The van der Waals surface area contributed by atoms with Gasteiger partial charge in [-0.3, -0.25) is 9.59 Å². The quantitative estimate of drug-likeness (QED) is 0.488. The summed E-state index contributed by atoms with van der Waals surface area (Å²) in [6.45, 7) is 1.68. The van der Waals surface area contributed by atoms with Crippen molar-refractivity contribution in [3.63, 3.8) is 0 Å². The van der Waals surface area contributed by atoms with Crippen LogP contribution in [0.4, 0.5) is 10.1 Å². The fourth-order valence-electron chi connectivity index (χ4n) is 3.19. The molecule has 0 saturated carbocycles. The molecule has 0 aliphatic carbocycles. The molecular formula is C24H20FN5O2. The minimum atomic E-state index is -0.956. The van der Waals surface area contributed by atoms with E-state index in [1.165, 1.54) is 16.8 Å². The maximum absolute atomic E-state index is 13.2. The Labute approximate surface area is 183 Å². The highest BCUT2D eigenvalue weighted by atomic mass is 19.1. The summed E-state index contributed by atoms with van der Waals surface area (Å²) in [7, 11) is 0. The summed E-state index contributed by atoms with van der Waals surface area (Å²) in [5.41, 5.74) is 1.79. The number of hydrogen-bond donors (Lipinski definition) is 2. The van der Waals surface area contributed by atoms with Crippen LogP contribution in [0.1, 0.15) is 28.0 Å². The van der Waals surface area contributed by atoms with E-state index in [9.17, 15) is 14.0 Å². The molecule has 0 saturated heterocycles. The van der Waals surface area contributed by atoms with Gasteiger partial charge in [0, 0.05) is 5.69 Å². The van der Waals surface area contributed by atoms with Crippen molar-refractivity contribution in [3.05, 3.63) is 108 Å². The normalized spacial score (nSPS) is 11.6. The standard InChI is InChI=1S/C24H20FN5O2/c1-16-26-22(29-30(16)20-14-12-18(25)13-15-20)24(32)28-21(17-8-4-2-5-9-17)23(31)27-19-10-6-3-7-11-19/h2-15,21H,1H3,(H,27,31)(H,28,32). The van der Waals surface area contributed by atoms with Gasteiger partial charge in [0.1, 0.15) is 17.7 Å². The highest BCUT2D eigenvalue weighted by Crippen LogP contribution is 2.17. The summed E-state index contributed by atoms with van der Waals surface area (Å²) in [6.07, 6.45) is 0. The van der Waals surface area contributed by atoms with Crippen LogP contribution in [0.15, 0.2) is 84.9 Å². The van der Waals surface area contributed by atoms with Crippen LogP contribution >= 0.6 is 0 Å². The van der Waals surface area contributed by atoms with Crippen molar-refractivity contribution in [2.75, 3.05) is 5.32 Å². The third kappa shape index (κ3) is 4.70. The van der Waals surface area contributed by atoms with Gasteiger partial charge in [-0.05, 0) is 48.9 Å². The lowest BCUT2D eigenvalue weighted by Crippen LogP contribution is -2.37. The highest BCUT2D eigenvalue weighted by Gasteiger charge is 2.25. The Balaban J connectivity index is 1.58. The molecule has 0 fully saturated rings. The number of aryl methyl sites for hydroxylation is 1. The van der Waals surface area contributed by atoms with Gasteiger partial charge in [0.15, 0.2) is 0 Å². The second-order valence-electron chi connectivity index (χ2n) is 7.04. The molecular weight excluding hydrogens is 409 g/mol. The van der Waals surface area contributed by atoms with Gasteiger partial charge >= 0.3 is 0 Å². The van der Waals surface area contributed by atoms with Crippen LogP contribution in [0.2, 0.25) is 0 Å². The first-order valence-electron chi connectivity index (χ1n) is 9.92. The summed E-state index contributed by atoms with van der Waals surface area (Å²) in [5.74, 6) is -1.02. The average Bonchev–Trinajstić information content (AvgIpc) is 3.20. The maximum Gasteiger partial charge on any atom is 0.291 e. The van der Waals surface area contributed by atoms with Crippen LogP contribution in [-0.2, 0) is 4.79 Å². The van der Waals surface area contributed by atoms with Crippen LogP contribution in [0.5, 0.6) is 0 Å². The van der Waals surface area contributed by atoms with E-state index in [0.717, 1.165) is 0 Å². The first-order chi connectivity index (χ1) is 15.5. The molecule has 0 aliphatic heterocycles. The number of rotatable bonds is 6. The molecule has 2 amide bonds. The van der Waals surface area contributed by atoms with Gasteiger partial charge in [0.05, 0.1) is 5.69 Å². The zero-order valence-electron chi connectivity index (χ0n) is 17.2. The van der Waals surface area contributed by atoms with E-state index >= 15 is 0 Å². The second-order valence-corrected chi connectivity index (χ2v) is 7.04. The van der Waals surface area contributed by atoms with Crippen LogP contribution in [-0.4, -0.2) is 26.6 Å². The number of hydrogen-bond acceptors (Lipinski definition) is 4. The number of amides is 2. The van der Waals surface area contributed by atoms with Crippen LogP contribution in [0.3, 0.4) is 0 Å². The van der Waals surface area contributed by atoms with Crippen LogP contribution < -0.4 is 10.6 Å². The van der Waals surface area contributed by atoms with E-state index in [1.807, 2.05) is 12.1 Å². The topological polar surface area (TPSA) is 88.9 Å². The number of halogens is 1. The number of benzene rings is 3. The lowest BCUT2D eigenvalue weighted by molar-refractivity contribution is -0.118. The maximum atomic E-state index is 13.2.